The van der Waals surface area contributed by atoms with Crippen LogP contribution in [0.2, 0.25) is 0 Å². The molecule has 1 heterocycles. The summed E-state index contributed by atoms with van der Waals surface area (Å²) in [5.74, 6) is 0.412. The lowest BCUT2D eigenvalue weighted by atomic mass is 10.1. The molecule has 1 atom stereocenters. The SMILES string of the molecule is CCOC(=O)c1cncn1C(C)c1ccccc1OC. The zero-order valence-corrected chi connectivity index (χ0v) is 11.9. The first-order valence-corrected chi connectivity index (χ1v) is 6.50. The lowest BCUT2D eigenvalue weighted by molar-refractivity contribution is 0.0512. The van der Waals surface area contributed by atoms with Gasteiger partial charge in [-0.1, -0.05) is 18.2 Å². The largest absolute Gasteiger partial charge is 0.496 e. The fraction of sp³-hybridized carbons (Fsp3) is 0.333. The molecule has 0 radical (unpaired) electrons. The third-order valence-electron chi connectivity index (χ3n) is 3.16. The first-order valence-electron chi connectivity index (χ1n) is 6.50. The molecule has 5 nitrogen and oxygen atoms in total. The Morgan fingerprint density at radius 3 is 2.85 bits per heavy atom. The third kappa shape index (κ3) is 2.66. The van der Waals surface area contributed by atoms with E-state index in [2.05, 4.69) is 4.98 Å². The lowest BCUT2D eigenvalue weighted by Crippen LogP contribution is -2.16. The minimum atomic E-state index is -0.369. The highest BCUT2D eigenvalue weighted by atomic mass is 16.5. The van der Waals surface area contributed by atoms with Gasteiger partial charge in [0.05, 0.1) is 32.3 Å². The van der Waals surface area contributed by atoms with E-state index in [1.165, 1.54) is 6.20 Å². The van der Waals surface area contributed by atoms with Gasteiger partial charge in [-0.15, -0.1) is 0 Å². The maximum Gasteiger partial charge on any atom is 0.356 e. The molecule has 0 saturated carbocycles. The summed E-state index contributed by atoms with van der Waals surface area (Å²) in [6, 6.07) is 7.64. The van der Waals surface area contributed by atoms with Crippen molar-refractivity contribution in [1.82, 2.24) is 9.55 Å². The number of ether oxygens (including phenoxy) is 2. The van der Waals surface area contributed by atoms with Crippen LogP contribution in [0.25, 0.3) is 0 Å². The molecular weight excluding hydrogens is 256 g/mol. The molecule has 2 rings (SSSR count). The van der Waals surface area contributed by atoms with E-state index in [0.29, 0.717) is 12.3 Å². The van der Waals surface area contributed by atoms with Crippen LogP contribution in [0.5, 0.6) is 5.75 Å². The Labute approximate surface area is 118 Å². The number of nitrogens with zero attached hydrogens (tertiary/aromatic N) is 2. The van der Waals surface area contributed by atoms with Crippen LogP contribution in [0.4, 0.5) is 0 Å². The third-order valence-corrected chi connectivity index (χ3v) is 3.16. The van der Waals surface area contributed by atoms with E-state index in [1.807, 2.05) is 31.2 Å². The van der Waals surface area contributed by atoms with Gasteiger partial charge < -0.3 is 14.0 Å². The molecule has 0 bridgehead atoms. The highest BCUT2D eigenvalue weighted by molar-refractivity contribution is 5.87. The van der Waals surface area contributed by atoms with Crippen LogP contribution in [0.3, 0.4) is 0 Å². The highest BCUT2D eigenvalue weighted by Gasteiger charge is 2.19. The summed E-state index contributed by atoms with van der Waals surface area (Å²) in [6.07, 6.45) is 3.15. The number of hydrogen-bond acceptors (Lipinski definition) is 4. The average Bonchev–Trinajstić information content (AvgIpc) is 2.96. The second kappa shape index (κ2) is 6.23. The molecular formula is C15H18N2O3. The van der Waals surface area contributed by atoms with Crippen molar-refractivity contribution in [1.29, 1.82) is 0 Å². The average molecular weight is 274 g/mol. The molecule has 0 aliphatic rings. The second-order valence-electron chi connectivity index (χ2n) is 4.32. The lowest BCUT2D eigenvalue weighted by Gasteiger charge is -2.18. The number of para-hydroxylation sites is 1. The quantitative estimate of drug-likeness (QED) is 0.787. The van der Waals surface area contributed by atoms with Gasteiger partial charge in [-0.25, -0.2) is 9.78 Å². The fourth-order valence-corrected chi connectivity index (χ4v) is 2.14. The molecule has 0 aliphatic heterocycles. The molecule has 0 saturated heterocycles. The van der Waals surface area contributed by atoms with Gasteiger partial charge in [0.25, 0.3) is 0 Å². The summed E-state index contributed by atoms with van der Waals surface area (Å²) in [6.45, 7) is 4.11. The summed E-state index contributed by atoms with van der Waals surface area (Å²) in [7, 11) is 1.63. The minimum absolute atomic E-state index is 0.0759. The topological polar surface area (TPSA) is 53.3 Å². The van der Waals surface area contributed by atoms with Gasteiger partial charge in [-0.3, -0.25) is 0 Å². The van der Waals surface area contributed by atoms with Crippen molar-refractivity contribution in [2.75, 3.05) is 13.7 Å². The molecule has 0 N–H and O–H groups in total. The predicted octanol–water partition coefficient (Wildman–Crippen LogP) is 2.68. The van der Waals surface area contributed by atoms with Crippen LogP contribution in [0, 0.1) is 0 Å². The van der Waals surface area contributed by atoms with Crippen molar-refractivity contribution < 1.29 is 14.3 Å². The van der Waals surface area contributed by atoms with Crippen LogP contribution in [0.15, 0.2) is 36.8 Å². The number of aromatic nitrogens is 2. The van der Waals surface area contributed by atoms with Crippen LogP contribution in [0.1, 0.15) is 35.9 Å². The second-order valence-corrected chi connectivity index (χ2v) is 4.32. The summed E-state index contributed by atoms with van der Waals surface area (Å²) in [4.78, 5) is 16.0. The number of imidazole rings is 1. The van der Waals surface area contributed by atoms with E-state index in [0.717, 1.165) is 11.3 Å². The molecule has 0 fully saturated rings. The molecule has 2 aromatic rings. The maximum atomic E-state index is 11.9. The molecule has 5 heteroatoms. The number of carbonyl (C=O) groups is 1. The van der Waals surface area contributed by atoms with Gasteiger partial charge in [0.15, 0.2) is 0 Å². The Bertz CT molecular complexity index is 592. The zero-order chi connectivity index (χ0) is 14.5. The van der Waals surface area contributed by atoms with Gasteiger partial charge in [0.2, 0.25) is 0 Å². The maximum absolute atomic E-state index is 11.9. The van der Waals surface area contributed by atoms with Gasteiger partial charge in [0.1, 0.15) is 11.4 Å². The van der Waals surface area contributed by atoms with Crippen LogP contribution < -0.4 is 4.74 Å². The van der Waals surface area contributed by atoms with E-state index in [4.69, 9.17) is 9.47 Å². The summed E-state index contributed by atoms with van der Waals surface area (Å²) < 4.78 is 12.2. The molecule has 106 valence electrons. The Morgan fingerprint density at radius 2 is 2.15 bits per heavy atom. The first-order chi connectivity index (χ1) is 9.69. The molecule has 0 aliphatic carbocycles. The van der Waals surface area contributed by atoms with Crippen LogP contribution in [-0.4, -0.2) is 29.2 Å². The zero-order valence-electron chi connectivity index (χ0n) is 11.9. The van der Waals surface area contributed by atoms with Gasteiger partial charge in [-0.2, -0.15) is 0 Å². The number of methoxy groups -OCH3 is 1. The van der Waals surface area contributed by atoms with E-state index < -0.39 is 0 Å². The van der Waals surface area contributed by atoms with Gasteiger partial charge >= 0.3 is 5.97 Å². The predicted molar refractivity (Wildman–Crippen MR) is 75.0 cm³/mol. The summed E-state index contributed by atoms with van der Waals surface area (Å²) >= 11 is 0. The fourth-order valence-electron chi connectivity index (χ4n) is 2.14. The van der Waals surface area contributed by atoms with Crippen molar-refractivity contribution in [3.63, 3.8) is 0 Å². The monoisotopic (exact) mass is 274 g/mol. The van der Waals surface area contributed by atoms with Crippen molar-refractivity contribution >= 4 is 5.97 Å². The molecule has 20 heavy (non-hydrogen) atoms. The summed E-state index contributed by atoms with van der Waals surface area (Å²) in [5, 5.41) is 0. The Hall–Kier alpha value is -2.30. The van der Waals surface area contributed by atoms with E-state index >= 15 is 0 Å². The van der Waals surface area contributed by atoms with Crippen molar-refractivity contribution in [2.45, 2.75) is 19.9 Å². The molecule has 1 aromatic heterocycles. The summed E-state index contributed by atoms with van der Waals surface area (Å²) in [5.41, 5.74) is 1.42. The van der Waals surface area contributed by atoms with E-state index in [9.17, 15) is 4.79 Å². The molecule has 1 unspecified atom stereocenters. The van der Waals surface area contributed by atoms with Crippen LogP contribution >= 0.6 is 0 Å². The Kier molecular flexibility index (Phi) is 4.40. The highest BCUT2D eigenvalue weighted by Crippen LogP contribution is 2.28. The van der Waals surface area contributed by atoms with Gasteiger partial charge in [-0.05, 0) is 19.9 Å². The number of carbonyl (C=O) groups excluding carboxylic acids is 1. The smallest absolute Gasteiger partial charge is 0.356 e. The van der Waals surface area contributed by atoms with Crippen LogP contribution in [-0.2, 0) is 4.74 Å². The standard InChI is InChI=1S/C15H18N2O3/c1-4-20-15(18)13-9-16-10-17(13)11(2)12-7-5-6-8-14(12)19-3/h5-11H,4H2,1-3H3. The minimum Gasteiger partial charge on any atom is -0.496 e. The van der Waals surface area contributed by atoms with Crippen molar-refractivity contribution in [2.24, 2.45) is 0 Å². The molecule has 0 amide bonds. The van der Waals surface area contributed by atoms with Gasteiger partial charge in [0, 0.05) is 5.56 Å². The first kappa shape index (κ1) is 14.1. The Balaban J connectivity index is 2.37. The molecule has 1 aromatic carbocycles. The normalized spacial score (nSPS) is 11.9. The van der Waals surface area contributed by atoms with E-state index in [-0.39, 0.29) is 12.0 Å². The number of esters is 1. The number of hydrogen-bond donors (Lipinski definition) is 0. The number of benzene rings is 1. The van der Waals surface area contributed by atoms with Crippen molar-refractivity contribution in [3.8, 4) is 5.75 Å². The molecule has 0 spiro atoms. The number of rotatable bonds is 5. The van der Waals surface area contributed by atoms with Crippen molar-refractivity contribution in [3.05, 3.63) is 48.0 Å². The Morgan fingerprint density at radius 1 is 1.40 bits per heavy atom. The van der Waals surface area contributed by atoms with E-state index in [1.54, 1.807) is 24.9 Å².